The third-order valence-corrected chi connectivity index (χ3v) is 3.23. The minimum absolute atomic E-state index is 0.130. The Hall–Kier alpha value is -2.89. The number of pyridine rings is 1. The lowest BCUT2D eigenvalue weighted by molar-refractivity contribution is 0.0988. The van der Waals surface area contributed by atoms with Crippen molar-refractivity contribution >= 4 is 22.5 Å². The van der Waals surface area contributed by atoms with Gasteiger partial charge >= 0.3 is 0 Å². The van der Waals surface area contributed by atoms with E-state index in [0.29, 0.717) is 11.2 Å². The van der Waals surface area contributed by atoms with Crippen LogP contribution in [0.5, 0.6) is 0 Å². The minimum atomic E-state index is -0.388. The van der Waals surface area contributed by atoms with E-state index in [1.807, 2.05) is 13.0 Å². The van der Waals surface area contributed by atoms with Gasteiger partial charge in [0.05, 0.1) is 11.7 Å². The molecular formula is C15H13N3O3. The van der Waals surface area contributed by atoms with Crippen molar-refractivity contribution in [3.8, 4) is 0 Å². The molecule has 0 saturated carbocycles. The molecule has 0 radical (unpaired) electrons. The lowest BCUT2D eigenvalue weighted by Crippen LogP contribution is -2.11. The molecule has 0 bridgehead atoms. The zero-order valence-corrected chi connectivity index (χ0v) is 11.3. The molecule has 0 unspecified atom stereocenters. The second-order valence-corrected chi connectivity index (χ2v) is 4.60. The molecule has 2 heterocycles. The maximum atomic E-state index is 11.9. The van der Waals surface area contributed by atoms with Crippen LogP contribution >= 0.6 is 0 Å². The number of aryl methyl sites for hydroxylation is 1. The SMILES string of the molecule is CCc1cc(=O)[nH]c2cc(NC(=O)c3ccno3)ccc12. The fraction of sp³-hybridized carbons (Fsp3) is 0.133. The summed E-state index contributed by atoms with van der Waals surface area (Å²) in [6.07, 6.45) is 2.17. The largest absolute Gasteiger partial charge is 0.351 e. The van der Waals surface area contributed by atoms with Crippen LogP contribution in [0.2, 0.25) is 0 Å². The molecule has 1 aromatic carbocycles. The normalized spacial score (nSPS) is 10.7. The average Bonchev–Trinajstić information content (AvgIpc) is 3.00. The standard InChI is InChI=1S/C15H13N3O3/c1-2-9-7-14(19)18-12-8-10(3-4-11(9)12)17-15(20)13-5-6-16-21-13/h3-8H,2H2,1H3,(H,17,20)(H,18,19). The summed E-state index contributed by atoms with van der Waals surface area (Å²) in [7, 11) is 0. The maximum absolute atomic E-state index is 11.9. The van der Waals surface area contributed by atoms with Gasteiger partial charge in [-0.3, -0.25) is 9.59 Å². The third-order valence-electron chi connectivity index (χ3n) is 3.23. The predicted octanol–water partition coefficient (Wildman–Crippen LogP) is 2.33. The number of hydrogen-bond donors (Lipinski definition) is 2. The highest BCUT2D eigenvalue weighted by Crippen LogP contribution is 2.20. The first-order chi connectivity index (χ1) is 10.2. The first-order valence-corrected chi connectivity index (χ1v) is 6.55. The van der Waals surface area contributed by atoms with Gasteiger partial charge in [0.2, 0.25) is 11.3 Å². The second kappa shape index (κ2) is 5.24. The van der Waals surface area contributed by atoms with Gasteiger partial charge in [-0.05, 0) is 24.1 Å². The molecule has 21 heavy (non-hydrogen) atoms. The Bertz CT molecular complexity index is 850. The molecule has 0 saturated heterocycles. The first-order valence-electron chi connectivity index (χ1n) is 6.55. The third kappa shape index (κ3) is 2.55. The molecule has 2 N–H and O–H groups in total. The maximum Gasteiger partial charge on any atom is 0.294 e. The quantitative estimate of drug-likeness (QED) is 0.772. The van der Waals surface area contributed by atoms with E-state index in [2.05, 4.69) is 15.5 Å². The molecule has 3 rings (SSSR count). The summed E-state index contributed by atoms with van der Waals surface area (Å²) in [6, 6.07) is 8.46. The lowest BCUT2D eigenvalue weighted by Gasteiger charge is -2.07. The van der Waals surface area contributed by atoms with Crippen molar-refractivity contribution in [1.82, 2.24) is 10.1 Å². The average molecular weight is 283 g/mol. The molecule has 6 nitrogen and oxygen atoms in total. The number of anilines is 1. The number of nitrogens with one attached hydrogen (secondary N) is 2. The molecule has 6 heteroatoms. The number of carbonyl (C=O) groups is 1. The van der Waals surface area contributed by atoms with E-state index in [-0.39, 0.29) is 17.2 Å². The highest BCUT2D eigenvalue weighted by Gasteiger charge is 2.10. The van der Waals surface area contributed by atoms with E-state index in [9.17, 15) is 9.59 Å². The Morgan fingerprint density at radius 2 is 2.19 bits per heavy atom. The van der Waals surface area contributed by atoms with Crippen LogP contribution in [0.3, 0.4) is 0 Å². The smallest absolute Gasteiger partial charge is 0.294 e. The van der Waals surface area contributed by atoms with Crippen LogP contribution in [0.1, 0.15) is 23.0 Å². The Labute approximate surface area is 119 Å². The van der Waals surface area contributed by atoms with Gasteiger partial charge in [0.1, 0.15) is 0 Å². The van der Waals surface area contributed by atoms with E-state index < -0.39 is 0 Å². The number of amides is 1. The van der Waals surface area contributed by atoms with Gasteiger partial charge in [-0.15, -0.1) is 0 Å². The molecule has 0 aliphatic heterocycles. The van der Waals surface area contributed by atoms with Crippen molar-refractivity contribution in [3.05, 3.63) is 58.2 Å². The summed E-state index contributed by atoms with van der Waals surface area (Å²) in [4.78, 5) is 26.3. The molecule has 1 amide bonds. The molecule has 0 aliphatic carbocycles. The van der Waals surface area contributed by atoms with E-state index in [1.165, 1.54) is 12.3 Å². The van der Waals surface area contributed by atoms with E-state index in [4.69, 9.17) is 4.52 Å². The van der Waals surface area contributed by atoms with Crippen molar-refractivity contribution in [2.75, 3.05) is 5.32 Å². The Morgan fingerprint density at radius 1 is 1.33 bits per heavy atom. The van der Waals surface area contributed by atoms with Crippen LogP contribution in [-0.4, -0.2) is 16.0 Å². The van der Waals surface area contributed by atoms with Crippen molar-refractivity contribution < 1.29 is 9.32 Å². The van der Waals surface area contributed by atoms with Gasteiger partial charge in [-0.2, -0.15) is 0 Å². The Morgan fingerprint density at radius 3 is 2.90 bits per heavy atom. The molecule has 3 aromatic rings. The number of fused-ring (bicyclic) bond motifs is 1. The van der Waals surface area contributed by atoms with Crippen LogP contribution in [0.25, 0.3) is 10.9 Å². The molecule has 0 fully saturated rings. The summed E-state index contributed by atoms with van der Waals surface area (Å²) in [6.45, 7) is 1.99. The number of carbonyl (C=O) groups excluding carboxylic acids is 1. The molecule has 0 spiro atoms. The number of aromatic nitrogens is 2. The number of hydrogen-bond acceptors (Lipinski definition) is 4. The number of rotatable bonds is 3. The monoisotopic (exact) mass is 283 g/mol. The van der Waals surface area contributed by atoms with Crippen LogP contribution in [-0.2, 0) is 6.42 Å². The Balaban J connectivity index is 1.98. The summed E-state index contributed by atoms with van der Waals surface area (Å²) in [5.41, 5.74) is 2.09. The number of benzene rings is 1. The van der Waals surface area contributed by atoms with Gasteiger partial charge in [0, 0.05) is 23.2 Å². The van der Waals surface area contributed by atoms with Crippen molar-refractivity contribution in [2.24, 2.45) is 0 Å². The summed E-state index contributed by atoms with van der Waals surface area (Å²) >= 11 is 0. The molecule has 0 aliphatic rings. The zero-order valence-electron chi connectivity index (χ0n) is 11.3. The van der Waals surface area contributed by atoms with Crippen LogP contribution in [0.15, 0.2) is 45.8 Å². The summed E-state index contributed by atoms with van der Waals surface area (Å²) in [5.74, 6) is -0.258. The molecule has 2 aromatic heterocycles. The highest BCUT2D eigenvalue weighted by molar-refractivity contribution is 6.03. The fourth-order valence-corrected chi connectivity index (χ4v) is 2.23. The lowest BCUT2D eigenvalue weighted by atomic mass is 10.1. The van der Waals surface area contributed by atoms with Gasteiger partial charge in [-0.1, -0.05) is 18.1 Å². The van der Waals surface area contributed by atoms with E-state index in [0.717, 1.165) is 17.4 Å². The van der Waals surface area contributed by atoms with Gasteiger partial charge in [0.15, 0.2) is 0 Å². The molecule has 106 valence electrons. The molecular weight excluding hydrogens is 270 g/mol. The van der Waals surface area contributed by atoms with E-state index >= 15 is 0 Å². The number of aromatic amines is 1. The topological polar surface area (TPSA) is 88.0 Å². The van der Waals surface area contributed by atoms with Crippen molar-refractivity contribution in [3.63, 3.8) is 0 Å². The van der Waals surface area contributed by atoms with E-state index in [1.54, 1.807) is 18.2 Å². The summed E-state index contributed by atoms with van der Waals surface area (Å²) < 4.78 is 4.79. The fourth-order valence-electron chi connectivity index (χ4n) is 2.23. The highest BCUT2D eigenvalue weighted by atomic mass is 16.5. The van der Waals surface area contributed by atoms with Crippen molar-refractivity contribution in [2.45, 2.75) is 13.3 Å². The zero-order chi connectivity index (χ0) is 14.8. The van der Waals surface area contributed by atoms with Crippen LogP contribution in [0.4, 0.5) is 5.69 Å². The first kappa shape index (κ1) is 13.1. The summed E-state index contributed by atoms with van der Waals surface area (Å²) in [5, 5.41) is 7.15. The van der Waals surface area contributed by atoms with Gasteiger partial charge in [-0.25, -0.2) is 0 Å². The minimum Gasteiger partial charge on any atom is -0.351 e. The Kier molecular flexibility index (Phi) is 3.27. The molecule has 0 atom stereocenters. The van der Waals surface area contributed by atoms with Crippen LogP contribution < -0.4 is 10.9 Å². The van der Waals surface area contributed by atoms with Gasteiger partial charge in [0.25, 0.3) is 5.91 Å². The second-order valence-electron chi connectivity index (χ2n) is 4.60. The predicted molar refractivity (Wildman–Crippen MR) is 78.4 cm³/mol. The number of H-pyrrole nitrogens is 1. The number of nitrogens with zero attached hydrogens (tertiary/aromatic N) is 1. The van der Waals surface area contributed by atoms with Crippen molar-refractivity contribution in [1.29, 1.82) is 0 Å². The van der Waals surface area contributed by atoms with Crippen LogP contribution in [0, 0.1) is 0 Å². The van der Waals surface area contributed by atoms with Gasteiger partial charge < -0.3 is 14.8 Å².